The monoisotopic (exact) mass is 500 g/mol. The third-order valence-electron chi connectivity index (χ3n) is 4.12. The molecule has 0 saturated carbocycles. The van der Waals surface area contributed by atoms with E-state index in [2.05, 4.69) is 20.2 Å². The number of carbonyl (C=O) groups is 2. The van der Waals surface area contributed by atoms with Gasteiger partial charge in [0.2, 0.25) is 11.0 Å². The molecule has 2 aromatic carbocycles. The van der Waals surface area contributed by atoms with Gasteiger partial charge >= 0.3 is 12.1 Å². The minimum Gasteiger partial charge on any atom is -0.481 e. The summed E-state index contributed by atoms with van der Waals surface area (Å²) < 4.78 is 67.0. The van der Waals surface area contributed by atoms with Crippen molar-refractivity contribution in [3.63, 3.8) is 0 Å². The second kappa shape index (κ2) is 9.54. The summed E-state index contributed by atoms with van der Waals surface area (Å²) in [6.45, 7) is 0. The highest BCUT2D eigenvalue weighted by atomic mass is 32.2. The molecule has 3 rings (SSSR count). The Morgan fingerprint density at radius 1 is 1.00 bits per heavy atom. The number of carboxylic acids is 1. The molecule has 0 aliphatic carbocycles. The zero-order valence-corrected chi connectivity index (χ0v) is 18.1. The first-order valence-electron chi connectivity index (χ1n) is 9.10. The minimum absolute atomic E-state index is 0.111. The van der Waals surface area contributed by atoms with Crippen LogP contribution in [0.5, 0.6) is 0 Å². The lowest BCUT2D eigenvalue weighted by atomic mass is 10.1. The van der Waals surface area contributed by atoms with E-state index in [1.807, 2.05) is 0 Å². The third kappa shape index (κ3) is 6.26. The number of halogens is 3. The van der Waals surface area contributed by atoms with Gasteiger partial charge in [-0.15, -0.1) is 10.2 Å². The molecule has 33 heavy (non-hydrogen) atoms. The van der Waals surface area contributed by atoms with Crippen LogP contribution in [0.15, 0.2) is 53.4 Å². The van der Waals surface area contributed by atoms with Crippen molar-refractivity contribution >= 4 is 44.1 Å². The lowest BCUT2D eigenvalue weighted by Gasteiger charge is -2.10. The Hall–Kier alpha value is -3.52. The highest BCUT2D eigenvalue weighted by Gasteiger charge is 2.34. The van der Waals surface area contributed by atoms with Crippen molar-refractivity contribution < 1.29 is 36.3 Å². The summed E-state index contributed by atoms with van der Waals surface area (Å²) in [5.74, 6) is -1.67. The number of carboxylic acid groups (broad SMARTS) is 1. The van der Waals surface area contributed by atoms with Gasteiger partial charge in [-0.2, -0.15) is 13.2 Å². The molecule has 1 heterocycles. The molecule has 1 amide bonds. The van der Waals surface area contributed by atoms with Crippen LogP contribution in [0, 0.1) is 0 Å². The molecule has 0 atom stereocenters. The number of carbonyl (C=O) groups excluding carboxylic acids is 1. The predicted molar refractivity (Wildman–Crippen MR) is 113 cm³/mol. The molecule has 0 aliphatic rings. The Bertz CT molecular complexity index is 1280. The van der Waals surface area contributed by atoms with Crippen LogP contribution in [0.3, 0.4) is 0 Å². The van der Waals surface area contributed by atoms with Crippen LogP contribution in [-0.4, -0.2) is 35.6 Å². The number of amides is 1. The first-order valence-corrected chi connectivity index (χ1v) is 11.4. The second-order valence-corrected chi connectivity index (χ2v) is 9.19. The summed E-state index contributed by atoms with van der Waals surface area (Å²) in [6.07, 6.45) is -5.21. The number of benzene rings is 2. The van der Waals surface area contributed by atoms with Gasteiger partial charge in [0.05, 0.1) is 16.9 Å². The van der Waals surface area contributed by atoms with E-state index in [0.29, 0.717) is 11.3 Å². The second-order valence-electron chi connectivity index (χ2n) is 6.53. The third-order valence-corrected chi connectivity index (χ3v) is 6.48. The highest BCUT2D eigenvalue weighted by molar-refractivity contribution is 7.93. The Labute approximate surface area is 189 Å². The van der Waals surface area contributed by atoms with Gasteiger partial charge in [0, 0.05) is 17.7 Å². The quantitative estimate of drug-likeness (QED) is 0.427. The van der Waals surface area contributed by atoms with E-state index in [1.54, 1.807) is 0 Å². The molecule has 0 aliphatic heterocycles. The van der Waals surface area contributed by atoms with Gasteiger partial charge in [0.15, 0.2) is 0 Å². The minimum atomic E-state index is -4.62. The van der Waals surface area contributed by atoms with Crippen molar-refractivity contribution in [3.05, 3.63) is 54.1 Å². The van der Waals surface area contributed by atoms with Crippen molar-refractivity contribution in [2.45, 2.75) is 23.9 Å². The Morgan fingerprint density at radius 3 is 2.30 bits per heavy atom. The van der Waals surface area contributed by atoms with Gasteiger partial charge in [0.25, 0.3) is 10.0 Å². The molecule has 0 fully saturated rings. The van der Waals surface area contributed by atoms with E-state index < -0.39 is 33.6 Å². The van der Waals surface area contributed by atoms with Crippen molar-refractivity contribution in [2.24, 2.45) is 0 Å². The first kappa shape index (κ1) is 24.1. The highest BCUT2D eigenvalue weighted by Crippen LogP contribution is 2.38. The lowest BCUT2D eigenvalue weighted by molar-refractivity contribution is -0.138. The average molecular weight is 500 g/mol. The fraction of sp³-hybridized carbons (Fsp3) is 0.158. The molecule has 3 aromatic rings. The lowest BCUT2D eigenvalue weighted by Crippen LogP contribution is -2.14. The van der Waals surface area contributed by atoms with E-state index in [4.69, 9.17) is 5.11 Å². The molecule has 1 aromatic heterocycles. The summed E-state index contributed by atoms with van der Waals surface area (Å²) >= 11 is 0.640. The van der Waals surface area contributed by atoms with Gasteiger partial charge in [0.1, 0.15) is 5.01 Å². The van der Waals surface area contributed by atoms with Crippen LogP contribution in [-0.2, 0) is 25.8 Å². The molecule has 14 heteroatoms. The van der Waals surface area contributed by atoms with E-state index in [-0.39, 0.29) is 39.1 Å². The zero-order chi connectivity index (χ0) is 24.2. The van der Waals surface area contributed by atoms with Gasteiger partial charge in [-0.3, -0.25) is 14.3 Å². The molecule has 9 nitrogen and oxygen atoms in total. The molecule has 0 bridgehead atoms. The van der Waals surface area contributed by atoms with Crippen molar-refractivity contribution in [1.29, 1.82) is 0 Å². The summed E-state index contributed by atoms with van der Waals surface area (Å²) in [5.41, 5.74) is -0.890. The van der Waals surface area contributed by atoms with E-state index in [0.717, 1.165) is 6.07 Å². The number of hydrogen-bond donors (Lipinski definition) is 3. The Balaban J connectivity index is 1.73. The fourth-order valence-corrected chi connectivity index (χ4v) is 4.64. The van der Waals surface area contributed by atoms with E-state index in [9.17, 15) is 31.2 Å². The van der Waals surface area contributed by atoms with Crippen LogP contribution in [0.1, 0.15) is 18.4 Å². The van der Waals surface area contributed by atoms with Crippen molar-refractivity contribution in [2.75, 3.05) is 10.0 Å². The number of hydrogen-bond acceptors (Lipinski definition) is 7. The first-order chi connectivity index (χ1) is 15.5. The smallest absolute Gasteiger partial charge is 0.417 e. The maximum absolute atomic E-state index is 13.2. The number of rotatable bonds is 8. The number of nitrogens with zero attached hydrogens (tertiary/aromatic N) is 2. The largest absolute Gasteiger partial charge is 0.481 e. The van der Waals surface area contributed by atoms with Crippen molar-refractivity contribution in [1.82, 2.24) is 10.2 Å². The van der Waals surface area contributed by atoms with Crippen LogP contribution in [0.2, 0.25) is 0 Å². The molecule has 0 unspecified atom stereocenters. The van der Waals surface area contributed by atoms with Gasteiger partial charge < -0.3 is 10.4 Å². The maximum Gasteiger partial charge on any atom is 0.417 e. The van der Waals surface area contributed by atoms with Gasteiger partial charge in [-0.25, -0.2) is 8.42 Å². The molecule has 174 valence electrons. The van der Waals surface area contributed by atoms with Crippen LogP contribution in [0.25, 0.3) is 10.6 Å². The number of aliphatic carboxylic acids is 1. The molecule has 0 radical (unpaired) electrons. The number of nitrogens with one attached hydrogen (secondary N) is 2. The fourth-order valence-electron chi connectivity index (χ4n) is 2.63. The van der Waals surface area contributed by atoms with Crippen LogP contribution >= 0.6 is 11.3 Å². The normalized spacial score (nSPS) is 11.7. The van der Waals surface area contributed by atoms with Gasteiger partial charge in [-0.05, 0) is 30.3 Å². The van der Waals surface area contributed by atoms with Gasteiger partial charge in [-0.1, -0.05) is 29.5 Å². The number of aromatic nitrogens is 2. The summed E-state index contributed by atoms with van der Waals surface area (Å²) in [4.78, 5) is 22.0. The van der Waals surface area contributed by atoms with Crippen LogP contribution < -0.4 is 10.0 Å². The number of anilines is 2. The summed E-state index contributed by atoms with van der Waals surface area (Å²) in [6, 6.07) is 9.73. The maximum atomic E-state index is 13.2. The average Bonchev–Trinajstić information content (AvgIpc) is 3.19. The SMILES string of the molecule is O=C(O)CCC(=O)Nc1ccc(S(=O)(=O)Nc2nnc(-c3ccccc3C(F)(F)F)s2)cc1. The topological polar surface area (TPSA) is 138 Å². The number of alkyl halides is 3. The van der Waals surface area contributed by atoms with Crippen LogP contribution in [0.4, 0.5) is 24.0 Å². The summed E-state index contributed by atoms with van der Waals surface area (Å²) in [5, 5.41) is 18.0. The number of sulfonamides is 1. The molecular weight excluding hydrogens is 485 g/mol. The van der Waals surface area contributed by atoms with Crippen molar-refractivity contribution in [3.8, 4) is 10.6 Å². The predicted octanol–water partition coefficient (Wildman–Crippen LogP) is 3.83. The molecule has 0 spiro atoms. The Kier molecular flexibility index (Phi) is 6.98. The zero-order valence-electron chi connectivity index (χ0n) is 16.5. The molecular formula is C19H15F3N4O5S2. The molecule has 0 saturated heterocycles. The Morgan fingerprint density at radius 2 is 1.67 bits per heavy atom. The van der Waals surface area contributed by atoms with E-state index in [1.165, 1.54) is 42.5 Å². The van der Waals surface area contributed by atoms with E-state index >= 15 is 0 Å². The standard InChI is InChI=1S/C19H15F3N4O5S2/c20-19(21,22)14-4-2-1-3-13(14)17-24-25-18(32-17)26-33(30,31)12-7-5-11(6-8-12)23-15(27)9-10-16(28)29/h1-8H,9-10H2,(H,23,27)(H,25,26)(H,28,29). The summed E-state index contributed by atoms with van der Waals surface area (Å²) in [7, 11) is -4.14. The molecule has 3 N–H and O–H groups in total.